The zero-order valence-electron chi connectivity index (χ0n) is 36.6. The number of rotatable bonds is 7. The molecule has 5 aliphatic rings. The molecule has 8 aromatic carbocycles. The number of hydrogen-bond donors (Lipinski definition) is 0. The van der Waals surface area contributed by atoms with Crippen LogP contribution in [0.2, 0.25) is 0 Å². The van der Waals surface area contributed by atoms with E-state index in [2.05, 4.69) is 152 Å². The molecular formula is C62H46N4. The van der Waals surface area contributed by atoms with Gasteiger partial charge >= 0.3 is 0 Å². The molecule has 4 heteroatoms. The highest BCUT2D eigenvalue weighted by Gasteiger charge is 2.62. The van der Waals surface area contributed by atoms with Crippen LogP contribution in [-0.4, -0.2) is 15.0 Å². The highest BCUT2D eigenvalue weighted by Crippen LogP contribution is 2.70. The summed E-state index contributed by atoms with van der Waals surface area (Å²) in [5.41, 5.74) is 19.3. The van der Waals surface area contributed by atoms with Crippen LogP contribution in [0.5, 0.6) is 0 Å². The lowest BCUT2D eigenvalue weighted by Gasteiger charge is -2.61. The minimum absolute atomic E-state index is 0.00975. The van der Waals surface area contributed by atoms with E-state index >= 15 is 0 Å². The standard InChI is InChI=1S/C62H46N4/c63-38-39-20-22-42(23-21-39)43-24-26-44(27-25-43)54-18-9-19-56-55-29-28-50(37-57(55)62(58(54)56)52-31-40-30-41(33-52)34-53(62)32-40)48-15-7-14-47(35-48)49-16-8-17-51(36-49)61-65-59(45-10-3-1-4-11-45)64-60(66-61)46-12-5-2-6-13-46/h1-29,35-37,40-41,52-53H,30-34H2. The van der Waals surface area contributed by atoms with E-state index in [9.17, 15) is 5.26 Å². The van der Waals surface area contributed by atoms with Gasteiger partial charge in [-0.1, -0.05) is 164 Å². The molecule has 0 aliphatic heterocycles. The van der Waals surface area contributed by atoms with Crippen LogP contribution in [-0.2, 0) is 5.41 Å². The first kappa shape index (κ1) is 38.7. The fourth-order valence-corrected chi connectivity index (χ4v) is 12.9. The first-order valence-electron chi connectivity index (χ1n) is 23.6. The van der Waals surface area contributed by atoms with Gasteiger partial charge in [0, 0.05) is 22.1 Å². The Kier molecular flexibility index (Phi) is 9.07. The monoisotopic (exact) mass is 846 g/mol. The van der Waals surface area contributed by atoms with Crippen molar-refractivity contribution in [3.05, 3.63) is 211 Å². The zero-order chi connectivity index (χ0) is 43.8. The Bertz CT molecular complexity index is 3280. The van der Waals surface area contributed by atoms with E-state index in [0.717, 1.165) is 45.2 Å². The molecule has 0 saturated heterocycles. The van der Waals surface area contributed by atoms with Crippen LogP contribution in [0.25, 0.3) is 89.8 Å². The largest absolute Gasteiger partial charge is 0.208 e. The van der Waals surface area contributed by atoms with Gasteiger partial charge in [0.2, 0.25) is 0 Å². The molecule has 1 heterocycles. The lowest BCUT2D eigenvalue weighted by atomic mass is 9.42. The normalized spacial score (nSPS) is 20.8. The van der Waals surface area contributed by atoms with Crippen molar-refractivity contribution in [2.45, 2.75) is 37.5 Å². The third kappa shape index (κ3) is 6.29. The summed E-state index contributed by atoms with van der Waals surface area (Å²) in [6.07, 6.45) is 6.73. The van der Waals surface area contributed by atoms with Crippen molar-refractivity contribution in [2.75, 3.05) is 0 Å². The molecule has 314 valence electrons. The maximum absolute atomic E-state index is 9.36. The zero-order valence-corrected chi connectivity index (χ0v) is 36.6. The Morgan fingerprint density at radius 3 is 1.38 bits per heavy atom. The molecule has 1 aromatic heterocycles. The van der Waals surface area contributed by atoms with E-state index in [1.54, 1.807) is 11.1 Å². The van der Waals surface area contributed by atoms with Crippen molar-refractivity contribution >= 4 is 0 Å². The van der Waals surface area contributed by atoms with Crippen molar-refractivity contribution in [1.29, 1.82) is 5.26 Å². The van der Waals surface area contributed by atoms with Crippen LogP contribution in [0.1, 0.15) is 48.8 Å². The van der Waals surface area contributed by atoms with Gasteiger partial charge in [0.15, 0.2) is 17.5 Å². The van der Waals surface area contributed by atoms with E-state index < -0.39 is 0 Å². The number of aromatic nitrogens is 3. The van der Waals surface area contributed by atoms with E-state index in [-0.39, 0.29) is 5.41 Å². The quantitative estimate of drug-likeness (QED) is 0.160. The number of nitrogens with zero attached hydrogens (tertiary/aromatic N) is 4. The molecule has 4 nitrogen and oxygen atoms in total. The van der Waals surface area contributed by atoms with Crippen molar-refractivity contribution in [1.82, 2.24) is 15.0 Å². The summed E-state index contributed by atoms with van der Waals surface area (Å²) in [6.45, 7) is 0. The second-order valence-electron chi connectivity index (χ2n) is 19.1. The molecule has 0 amide bonds. The first-order chi connectivity index (χ1) is 32.6. The fraction of sp³-hybridized carbons (Fsp3) is 0.161. The highest BCUT2D eigenvalue weighted by atomic mass is 15.0. The molecule has 4 bridgehead atoms. The smallest absolute Gasteiger partial charge is 0.164 e. The summed E-state index contributed by atoms with van der Waals surface area (Å²) in [5, 5.41) is 9.36. The van der Waals surface area contributed by atoms with Crippen molar-refractivity contribution in [3.63, 3.8) is 0 Å². The summed E-state index contributed by atoms with van der Waals surface area (Å²) >= 11 is 0. The molecule has 0 unspecified atom stereocenters. The van der Waals surface area contributed by atoms with E-state index in [1.807, 2.05) is 48.5 Å². The Morgan fingerprint density at radius 1 is 0.364 bits per heavy atom. The van der Waals surface area contributed by atoms with Gasteiger partial charge in [-0.3, -0.25) is 0 Å². The van der Waals surface area contributed by atoms with Crippen molar-refractivity contribution in [3.8, 4) is 95.9 Å². The topological polar surface area (TPSA) is 62.5 Å². The molecule has 5 aliphatic carbocycles. The first-order valence-corrected chi connectivity index (χ1v) is 23.6. The van der Waals surface area contributed by atoms with Crippen LogP contribution in [0.15, 0.2) is 194 Å². The van der Waals surface area contributed by atoms with Crippen LogP contribution in [0.3, 0.4) is 0 Å². The maximum Gasteiger partial charge on any atom is 0.164 e. The van der Waals surface area contributed by atoms with Gasteiger partial charge < -0.3 is 0 Å². The summed E-state index contributed by atoms with van der Waals surface area (Å²) < 4.78 is 0. The summed E-state index contributed by atoms with van der Waals surface area (Å²) in [4.78, 5) is 15.0. The molecular weight excluding hydrogens is 801 g/mol. The molecule has 0 N–H and O–H groups in total. The molecule has 4 fully saturated rings. The van der Waals surface area contributed by atoms with Crippen LogP contribution >= 0.6 is 0 Å². The molecule has 0 atom stereocenters. The predicted octanol–water partition coefficient (Wildman–Crippen LogP) is 15.1. The Balaban J connectivity index is 0.889. The van der Waals surface area contributed by atoms with E-state index in [4.69, 9.17) is 15.0 Å². The van der Waals surface area contributed by atoms with Crippen LogP contribution < -0.4 is 0 Å². The number of fused-ring (bicyclic) bond motifs is 3. The maximum atomic E-state index is 9.36. The van der Waals surface area contributed by atoms with E-state index in [0.29, 0.717) is 34.9 Å². The SMILES string of the molecule is N#Cc1ccc(-c2ccc(-c3cccc4c3C3(c5cc(-c6cccc(-c7cccc(-c8nc(-c9ccccc9)nc(-c9ccccc9)n8)c7)c6)ccc5-4)C4CC5CC(C4)CC3C5)cc2)cc1. The van der Waals surface area contributed by atoms with Crippen LogP contribution in [0, 0.1) is 35.0 Å². The average molecular weight is 847 g/mol. The lowest BCUT2D eigenvalue weighted by Crippen LogP contribution is -2.55. The van der Waals surface area contributed by atoms with Crippen molar-refractivity contribution in [2.24, 2.45) is 23.7 Å². The molecule has 14 rings (SSSR count). The van der Waals surface area contributed by atoms with Gasteiger partial charge in [-0.05, 0) is 153 Å². The summed E-state index contributed by atoms with van der Waals surface area (Å²) in [7, 11) is 0. The van der Waals surface area contributed by atoms with Gasteiger partial charge in [-0.25, -0.2) is 15.0 Å². The molecule has 1 spiro atoms. The lowest BCUT2D eigenvalue weighted by molar-refractivity contribution is -0.0397. The fourth-order valence-electron chi connectivity index (χ4n) is 12.9. The molecule has 9 aromatic rings. The van der Waals surface area contributed by atoms with E-state index in [1.165, 1.54) is 71.0 Å². The van der Waals surface area contributed by atoms with Crippen molar-refractivity contribution < 1.29 is 0 Å². The summed E-state index contributed by atoms with van der Waals surface area (Å²) in [5.74, 6) is 4.95. The second kappa shape index (κ2) is 15.5. The number of nitriles is 1. The molecule has 0 radical (unpaired) electrons. The minimum atomic E-state index is -0.00975. The highest BCUT2D eigenvalue weighted by molar-refractivity contribution is 5.91. The van der Waals surface area contributed by atoms with Crippen LogP contribution in [0.4, 0.5) is 0 Å². The van der Waals surface area contributed by atoms with Gasteiger partial charge in [0.05, 0.1) is 11.6 Å². The van der Waals surface area contributed by atoms with Gasteiger partial charge in [-0.15, -0.1) is 0 Å². The number of benzene rings is 8. The third-order valence-corrected chi connectivity index (χ3v) is 15.6. The Labute approximate surface area is 386 Å². The molecule has 4 saturated carbocycles. The average Bonchev–Trinajstić information content (AvgIpc) is 3.68. The number of hydrogen-bond acceptors (Lipinski definition) is 4. The third-order valence-electron chi connectivity index (χ3n) is 15.6. The Hall–Kier alpha value is -7.74. The minimum Gasteiger partial charge on any atom is -0.208 e. The van der Waals surface area contributed by atoms with Gasteiger partial charge in [-0.2, -0.15) is 5.26 Å². The second-order valence-corrected chi connectivity index (χ2v) is 19.1. The van der Waals surface area contributed by atoms with Gasteiger partial charge in [0.1, 0.15) is 0 Å². The predicted molar refractivity (Wildman–Crippen MR) is 266 cm³/mol. The summed E-state index contributed by atoms with van der Waals surface area (Å²) in [6, 6.07) is 71.9. The van der Waals surface area contributed by atoms with Gasteiger partial charge in [0.25, 0.3) is 0 Å². The molecule has 66 heavy (non-hydrogen) atoms. The Morgan fingerprint density at radius 2 is 0.803 bits per heavy atom.